The van der Waals surface area contributed by atoms with Crippen molar-refractivity contribution in [3.05, 3.63) is 121 Å². The summed E-state index contributed by atoms with van der Waals surface area (Å²) in [6.07, 6.45) is 0. The van der Waals surface area contributed by atoms with Crippen LogP contribution in [-0.2, 0) is 0 Å². The summed E-state index contributed by atoms with van der Waals surface area (Å²) in [5.74, 6) is 0. The minimum absolute atomic E-state index is 0.928. The molecule has 40 heavy (non-hydrogen) atoms. The van der Waals surface area contributed by atoms with E-state index >= 15 is 0 Å². The van der Waals surface area contributed by atoms with Gasteiger partial charge in [-0.05, 0) is 48.9 Å². The molecule has 0 spiro atoms. The van der Waals surface area contributed by atoms with Crippen LogP contribution in [0.2, 0.25) is 0 Å². The van der Waals surface area contributed by atoms with Gasteiger partial charge in [-0.25, -0.2) is 9.97 Å². The van der Waals surface area contributed by atoms with Crippen molar-refractivity contribution < 1.29 is 0 Å². The monoisotopic (exact) mass is 512 g/mol. The van der Waals surface area contributed by atoms with E-state index in [0.29, 0.717) is 0 Å². The smallest absolute Gasteiger partial charge is 0.0972 e. The molecule has 0 saturated carbocycles. The fourth-order valence-corrected chi connectivity index (χ4v) is 5.79. The first-order valence-corrected chi connectivity index (χ1v) is 13.5. The summed E-state index contributed by atoms with van der Waals surface area (Å²) in [6, 6.07) is 38.2. The molecule has 4 heterocycles. The van der Waals surface area contributed by atoms with Crippen LogP contribution in [0.4, 0.5) is 0 Å². The molecule has 0 aliphatic heterocycles. The number of pyridine rings is 4. The van der Waals surface area contributed by atoms with Crippen molar-refractivity contribution >= 4 is 54.4 Å². The molecule has 0 fully saturated rings. The Morgan fingerprint density at radius 3 is 1.12 bits per heavy atom. The van der Waals surface area contributed by atoms with Gasteiger partial charge in [-0.15, -0.1) is 0 Å². The van der Waals surface area contributed by atoms with Gasteiger partial charge < -0.3 is 0 Å². The first kappa shape index (κ1) is 22.7. The highest BCUT2D eigenvalue weighted by Crippen LogP contribution is 2.36. The van der Waals surface area contributed by atoms with E-state index in [1.807, 2.05) is 26.0 Å². The van der Waals surface area contributed by atoms with Gasteiger partial charge in [0.15, 0.2) is 0 Å². The summed E-state index contributed by atoms with van der Waals surface area (Å²) < 4.78 is 0. The normalized spacial score (nSPS) is 11.8. The molecule has 0 radical (unpaired) electrons. The Hall–Kier alpha value is -5.22. The largest absolute Gasteiger partial charge is 0.251 e. The third kappa shape index (κ3) is 3.53. The SMILES string of the molecule is Cc1ccc2ccc3ccc(-c4cccc5c(-c6ccc7ccc8ccc(C)nc8c7n6)cccc45)nc3c2n1. The average molecular weight is 513 g/mol. The third-order valence-electron chi connectivity index (χ3n) is 7.79. The maximum atomic E-state index is 5.16. The van der Waals surface area contributed by atoms with Crippen molar-refractivity contribution in [2.24, 2.45) is 0 Å². The zero-order chi connectivity index (χ0) is 26.8. The Kier molecular flexibility index (Phi) is 4.92. The number of fused-ring (bicyclic) bond motifs is 7. The Bertz CT molecular complexity index is 2140. The second-order valence-electron chi connectivity index (χ2n) is 10.4. The fraction of sp³-hybridized carbons (Fsp3) is 0.0556. The predicted octanol–water partition coefficient (Wildman–Crippen LogP) is 8.98. The fourth-order valence-electron chi connectivity index (χ4n) is 5.79. The molecule has 0 amide bonds. The van der Waals surface area contributed by atoms with Gasteiger partial charge in [-0.2, -0.15) is 0 Å². The van der Waals surface area contributed by atoms with E-state index in [9.17, 15) is 0 Å². The molecule has 0 aliphatic rings. The summed E-state index contributed by atoms with van der Waals surface area (Å²) in [5, 5.41) is 6.67. The van der Waals surface area contributed by atoms with Crippen molar-refractivity contribution in [2.45, 2.75) is 13.8 Å². The van der Waals surface area contributed by atoms with Crippen molar-refractivity contribution in [1.29, 1.82) is 0 Å². The van der Waals surface area contributed by atoms with Gasteiger partial charge in [-0.1, -0.05) is 84.9 Å². The van der Waals surface area contributed by atoms with Crippen molar-refractivity contribution in [3.63, 3.8) is 0 Å². The summed E-state index contributed by atoms with van der Waals surface area (Å²) >= 11 is 0. The minimum Gasteiger partial charge on any atom is -0.251 e. The summed E-state index contributed by atoms with van der Waals surface area (Å²) in [7, 11) is 0. The van der Waals surface area contributed by atoms with Gasteiger partial charge in [0.25, 0.3) is 0 Å². The quantitative estimate of drug-likeness (QED) is 0.217. The lowest BCUT2D eigenvalue weighted by molar-refractivity contribution is 1.25. The van der Waals surface area contributed by atoms with E-state index in [1.165, 1.54) is 0 Å². The van der Waals surface area contributed by atoms with Crippen molar-refractivity contribution in [2.75, 3.05) is 0 Å². The number of aryl methyl sites for hydroxylation is 2. The van der Waals surface area contributed by atoms with Crippen molar-refractivity contribution in [1.82, 2.24) is 19.9 Å². The molecular weight excluding hydrogens is 488 g/mol. The van der Waals surface area contributed by atoms with Crippen LogP contribution in [0.5, 0.6) is 0 Å². The lowest BCUT2D eigenvalue weighted by atomic mass is 9.95. The maximum Gasteiger partial charge on any atom is 0.0972 e. The van der Waals surface area contributed by atoms with E-state index < -0.39 is 0 Å². The molecule has 4 aromatic heterocycles. The molecule has 0 bridgehead atoms. The lowest BCUT2D eigenvalue weighted by Gasteiger charge is -2.12. The van der Waals surface area contributed by atoms with Crippen LogP contribution in [0.15, 0.2) is 109 Å². The summed E-state index contributed by atoms with van der Waals surface area (Å²) in [6.45, 7) is 4.05. The summed E-state index contributed by atoms with van der Waals surface area (Å²) in [5.41, 5.74) is 9.77. The van der Waals surface area contributed by atoms with Crippen LogP contribution < -0.4 is 0 Å². The molecule has 0 atom stereocenters. The highest BCUT2D eigenvalue weighted by atomic mass is 14.8. The number of benzene rings is 4. The molecule has 8 rings (SSSR count). The van der Waals surface area contributed by atoms with E-state index in [2.05, 4.69) is 97.1 Å². The van der Waals surface area contributed by atoms with Gasteiger partial charge in [-0.3, -0.25) is 9.97 Å². The second kappa shape index (κ2) is 8.65. The molecule has 0 unspecified atom stereocenters. The minimum atomic E-state index is 0.928. The van der Waals surface area contributed by atoms with Gasteiger partial charge in [0.05, 0.1) is 33.5 Å². The van der Waals surface area contributed by atoms with Gasteiger partial charge in [0, 0.05) is 44.1 Å². The summed E-state index contributed by atoms with van der Waals surface area (Å²) in [4.78, 5) is 20.0. The zero-order valence-electron chi connectivity index (χ0n) is 22.2. The number of nitrogens with zero attached hydrogens (tertiary/aromatic N) is 4. The van der Waals surface area contributed by atoms with E-state index in [4.69, 9.17) is 19.9 Å². The van der Waals surface area contributed by atoms with Crippen LogP contribution in [-0.4, -0.2) is 19.9 Å². The van der Waals surface area contributed by atoms with Gasteiger partial charge in [0.2, 0.25) is 0 Å². The molecule has 4 aromatic carbocycles. The molecule has 188 valence electrons. The van der Waals surface area contributed by atoms with E-state index in [-0.39, 0.29) is 0 Å². The molecule has 0 saturated heterocycles. The molecule has 0 aliphatic carbocycles. The average Bonchev–Trinajstić information content (AvgIpc) is 3.00. The van der Waals surface area contributed by atoms with E-state index in [1.54, 1.807) is 0 Å². The standard InChI is InChI=1S/C36H24N4/c1-21-9-11-23-13-15-25-17-19-31(39-35(25)33(23)37-21)29-7-3-6-28-27(29)5-4-8-30(28)32-20-18-26-16-14-24-12-10-22(2)38-34(24)36(26)40-32/h3-20H,1-2H3. The van der Waals surface area contributed by atoms with Crippen LogP contribution in [0.25, 0.3) is 76.9 Å². The Labute approximate surface area is 231 Å². The number of aromatic nitrogens is 4. The van der Waals surface area contributed by atoms with Crippen LogP contribution in [0, 0.1) is 13.8 Å². The number of rotatable bonds is 2. The maximum absolute atomic E-state index is 5.16. The van der Waals surface area contributed by atoms with Crippen LogP contribution >= 0.6 is 0 Å². The molecule has 0 N–H and O–H groups in total. The number of hydrogen-bond donors (Lipinski definition) is 0. The topological polar surface area (TPSA) is 51.6 Å². The Morgan fingerprint density at radius 1 is 0.350 bits per heavy atom. The van der Waals surface area contributed by atoms with Gasteiger partial charge >= 0.3 is 0 Å². The molecule has 4 heteroatoms. The highest BCUT2D eigenvalue weighted by Gasteiger charge is 2.13. The zero-order valence-corrected chi connectivity index (χ0v) is 22.2. The third-order valence-corrected chi connectivity index (χ3v) is 7.79. The predicted molar refractivity (Wildman–Crippen MR) is 165 cm³/mol. The molecule has 8 aromatic rings. The number of hydrogen-bond acceptors (Lipinski definition) is 4. The van der Waals surface area contributed by atoms with Gasteiger partial charge in [0.1, 0.15) is 0 Å². The van der Waals surface area contributed by atoms with E-state index in [0.717, 1.165) is 88.3 Å². The Morgan fingerprint density at radius 2 is 0.700 bits per heavy atom. The molecular formula is C36H24N4. The highest BCUT2D eigenvalue weighted by molar-refractivity contribution is 6.08. The first-order valence-electron chi connectivity index (χ1n) is 13.5. The lowest BCUT2D eigenvalue weighted by Crippen LogP contribution is -1.93. The second-order valence-corrected chi connectivity index (χ2v) is 10.4. The van der Waals surface area contributed by atoms with Crippen LogP contribution in [0.3, 0.4) is 0 Å². The van der Waals surface area contributed by atoms with Crippen molar-refractivity contribution in [3.8, 4) is 22.5 Å². The molecule has 4 nitrogen and oxygen atoms in total. The first-order chi connectivity index (χ1) is 19.6. The van der Waals surface area contributed by atoms with Crippen LogP contribution in [0.1, 0.15) is 11.4 Å². The Balaban J connectivity index is 1.34.